The summed E-state index contributed by atoms with van der Waals surface area (Å²) in [5, 5.41) is 13.2. The molecular weight excluding hydrogens is 282 g/mol. The van der Waals surface area contributed by atoms with E-state index in [4.69, 9.17) is 11.6 Å². The Morgan fingerprint density at radius 3 is 2.55 bits per heavy atom. The third-order valence-electron chi connectivity index (χ3n) is 2.62. The Morgan fingerprint density at radius 1 is 1.30 bits per heavy atom. The molecule has 2 rings (SSSR count). The normalized spacial score (nSPS) is 10.1. The summed E-state index contributed by atoms with van der Waals surface area (Å²) >= 11 is 5.66. The summed E-state index contributed by atoms with van der Waals surface area (Å²) in [6, 6.07) is 8.32. The van der Waals surface area contributed by atoms with Crippen LogP contribution in [0, 0.1) is 17.0 Å². The minimum absolute atomic E-state index is 0.129. The van der Waals surface area contributed by atoms with Crippen molar-refractivity contribution < 1.29 is 9.72 Å². The topological polar surface area (TPSA) is 85.1 Å². The third kappa shape index (κ3) is 2.92. The number of hydrogen-bond donors (Lipinski definition) is 1. The highest BCUT2D eigenvalue weighted by atomic mass is 35.5. The van der Waals surface area contributed by atoms with Crippen LogP contribution in [-0.2, 0) is 0 Å². The summed E-state index contributed by atoms with van der Waals surface area (Å²) in [6.07, 6.45) is 1.25. The van der Waals surface area contributed by atoms with Gasteiger partial charge in [0.25, 0.3) is 5.91 Å². The minimum atomic E-state index is -0.723. The molecule has 1 aromatic carbocycles. The lowest BCUT2D eigenvalue weighted by Gasteiger charge is -2.06. The second kappa shape index (κ2) is 5.66. The number of rotatable bonds is 3. The van der Waals surface area contributed by atoms with E-state index in [-0.39, 0.29) is 10.7 Å². The fourth-order valence-electron chi connectivity index (χ4n) is 1.62. The molecule has 1 heterocycles. The molecule has 20 heavy (non-hydrogen) atoms. The quantitative estimate of drug-likeness (QED) is 0.534. The monoisotopic (exact) mass is 291 g/mol. The first-order valence-electron chi connectivity index (χ1n) is 5.66. The maximum absolute atomic E-state index is 12.1. The molecule has 1 N–H and O–H groups in total. The standard InChI is InChI=1S/C13H10ClN3O3/c1-8-2-4-9(5-3-8)16-13(18)10-6-7-15-12(14)11(10)17(19)20/h2-7H,1H3,(H,16,18). The van der Waals surface area contributed by atoms with Gasteiger partial charge in [-0.05, 0) is 25.1 Å². The van der Waals surface area contributed by atoms with Gasteiger partial charge >= 0.3 is 5.69 Å². The number of hydrogen-bond acceptors (Lipinski definition) is 4. The molecule has 102 valence electrons. The summed E-state index contributed by atoms with van der Waals surface area (Å²) in [7, 11) is 0. The van der Waals surface area contributed by atoms with E-state index in [0.717, 1.165) is 5.56 Å². The molecule has 0 bridgehead atoms. The largest absolute Gasteiger partial charge is 0.322 e. The first-order valence-corrected chi connectivity index (χ1v) is 6.04. The van der Waals surface area contributed by atoms with E-state index < -0.39 is 16.5 Å². The van der Waals surface area contributed by atoms with Crippen LogP contribution < -0.4 is 5.32 Å². The third-order valence-corrected chi connectivity index (χ3v) is 2.89. The molecule has 2 aromatic rings. The Kier molecular flexibility index (Phi) is 3.95. The molecule has 0 unspecified atom stereocenters. The van der Waals surface area contributed by atoms with Gasteiger partial charge in [-0.1, -0.05) is 29.3 Å². The zero-order chi connectivity index (χ0) is 14.7. The second-order valence-electron chi connectivity index (χ2n) is 4.08. The molecule has 0 aliphatic rings. The van der Waals surface area contributed by atoms with Crippen LogP contribution >= 0.6 is 11.6 Å². The minimum Gasteiger partial charge on any atom is -0.322 e. The number of anilines is 1. The Bertz CT molecular complexity index is 671. The number of amides is 1. The Hall–Kier alpha value is -2.47. The predicted molar refractivity (Wildman–Crippen MR) is 75.0 cm³/mol. The molecule has 0 saturated carbocycles. The van der Waals surface area contributed by atoms with Gasteiger partial charge in [0, 0.05) is 11.9 Å². The van der Waals surface area contributed by atoms with E-state index in [1.54, 1.807) is 12.1 Å². The Labute approximate surface area is 119 Å². The number of nitro groups is 1. The highest BCUT2D eigenvalue weighted by Crippen LogP contribution is 2.26. The van der Waals surface area contributed by atoms with Crippen LogP contribution in [0.5, 0.6) is 0 Å². The van der Waals surface area contributed by atoms with Gasteiger partial charge in [-0.3, -0.25) is 14.9 Å². The van der Waals surface area contributed by atoms with Crippen LogP contribution in [0.25, 0.3) is 0 Å². The van der Waals surface area contributed by atoms with E-state index in [1.165, 1.54) is 12.3 Å². The van der Waals surface area contributed by atoms with Crippen molar-refractivity contribution in [2.45, 2.75) is 6.92 Å². The molecule has 0 atom stereocenters. The molecule has 0 aliphatic carbocycles. The lowest BCUT2D eigenvalue weighted by Crippen LogP contribution is -2.14. The molecule has 6 nitrogen and oxygen atoms in total. The van der Waals surface area contributed by atoms with Crippen molar-refractivity contribution in [3.8, 4) is 0 Å². The number of aryl methyl sites for hydroxylation is 1. The van der Waals surface area contributed by atoms with Gasteiger partial charge < -0.3 is 5.32 Å². The van der Waals surface area contributed by atoms with Gasteiger partial charge in [-0.15, -0.1) is 0 Å². The molecule has 0 aliphatic heterocycles. The first kappa shape index (κ1) is 14.0. The number of aromatic nitrogens is 1. The zero-order valence-corrected chi connectivity index (χ0v) is 11.2. The molecule has 1 amide bonds. The van der Waals surface area contributed by atoms with E-state index in [9.17, 15) is 14.9 Å². The Balaban J connectivity index is 2.32. The number of carbonyl (C=O) groups excluding carboxylic acids is 1. The molecule has 0 radical (unpaired) electrons. The summed E-state index contributed by atoms with van der Waals surface area (Å²) in [6.45, 7) is 1.92. The second-order valence-corrected chi connectivity index (χ2v) is 4.43. The maximum atomic E-state index is 12.1. The van der Waals surface area contributed by atoms with Crippen molar-refractivity contribution in [3.63, 3.8) is 0 Å². The van der Waals surface area contributed by atoms with Crippen LogP contribution in [-0.4, -0.2) is 15.8 Å². The highest BCUT2D eigenvalue weighted by molar-refractivity contribution is 6.32. The van der Waals surface area contributed by atoms with Crippen molar-refractivity contribution in [2.75, 3.05) is 5.32 Å². The van der Waals surface area contributed by atoms with E-state index >= 15 is 0 Å². The summed E-state index contributed by atoms with van der Waals surface area (Å²) in [5.74, 6) is -0.607. The van der Waals surface area contributed by atoms with Crippen molar-refractivity contribution in [3.05, 3.63) is 62.9 Å². The summed E-state index contributed by atoms with van der Waals surface area (Å²) in [4.78, 5) is 25.9. The molecular formula is C13H10ClN3O3. The van der Waals surface area contributed by atoms with Gasteiger partial charge in [0.2, 0.25) is 5.15 Å². The number of pyridine rings is 1. The van der Waals surface area contributed by atoms with Gasteiger partial charge in [0.1, 0.15) is 5.56 Å². The van der Waals surface area contributed by atoms with Crippen LogP contribution in [0.2, 0.25) is 5.15 Å². The average Bonchev–Trinajstić information content (AvgIpc) is 2.40. The smallest absolute Gasteiger partial charge is 0.319 e. The lowest BCUT2D eigenvalue weighted by molar-refractivity contribution is -0.385. The lowest BCUT2D eigenvalue weighted by atomic mass is 10.2. The van der Waals surface area contributed by atoms with E-state index in [0.29, 0.717) is 5.69 Å². The number of halogens is 1. The van der Waals surface area contributed by atoms with E-state index in [1.807, 2.05) is 19.1 Å². The van der Waals surface area contributed by atoms with E-state index in [2.05, 4.69) is 10.3 Å². The molecule has 0 saturated heterocycles. The Morgan fingerprint density at radius 2 is 1.95 bits per heavy atom. The van der Waals surface area contributed by atoms with Crippen molar-refractivity contribution >= 4 is 28.9 Å². The fourth-order valence-corrected chi connectivity index (χ4v) is 1.85. The van der Waals surface area contributed by atoms with Crippen molar-refractivity contribution in [2.24, 2.45) is 0 Å². The number of nitrogens with one attached hydrogen (secondary N) is 1. The average molecular weight is 292 g/mol. The van der Waals surface area contributed by atoms with Crippen molar-refractivity contribution in [1.29, 1.82) is 0 Å². The zero-order valence-electron chi connectivity index (χ0n) is 10.5. The number of carbonyl (C=O) groups is 1. The molecule has 0 fully saturated rings. The molecule has 0 spiro atoms. The van der Waals surface area contributed by atoms with Crippen LogP contribution in [0.3, 0.4) is 0 Å². The van der Waals surface area contributed by atoms with Gasteiger partial charge in [0.05, 0.1) is 4.92 Å². The van der Waals surface area contributed by atoms with Gasteiger partial charge in [-0.25, -0.2) is 4.98 Å². The maximum Gasteiger partial charge on any atom is 0.319 e. The van der Waals surface area contributed by atoms with Crippen LogP contribution in [0.1, 0.15) is 15.9 Å². The number of benzene rings is 1. The summed E-state index contributed by atoms with van der Waals surface area (Å²) in [5.41, 5.74) is 0.957. The van der Waals surface area contributed by atoms with Crippen LogP contribution in [0.4, 0.5) is 11.4 Å². The fraction of sp³-hybridized carbons (Fsp3) is 0.0769. The van der Waals surface area contributed by atoms with Crippen molar-refractivity contribution in [1.82, 2.24) is 4.98 Å². The highest BCUT2D eigenvalue weighted by Gasteiger charge is 2.24. The van der Waals surface area contributed by atoms with Crippen LogP contribution in [0.15, 0.2) is 36.5 Å². The molecule has 1 aromatic heterocycles. The van der Waals surface area contributed by atoms with Gasteiger partial charge in [0.15, 0.2) is 0 Å². The van der Waals surface area contributed by atoms with Gasteiger partial charge in [-0.2, -0.15) is 0 Å². The number of nitrogens with zero attached hydrogens (tertiary/aromatic N) is 2. The SMILES string of the molecule is Cc1ccc(NC(=O)c2ccnc(Cl)c2[N+](=O)[O-])cc1. The molecule has 7 heteroatoms. The predicted octanol–water partition coefficient (Wildman–Crippen LogP) is 3.20. The summed E-state index contributed by atoms with van der Waals surface area (Å²) < 4.78 is 0. The first-order chi connectivity index (χ1) is 9.49.